The molecule has 2 aromatic rings. The van der Waals surface area contributed by atoms with Crippen LogP contribution in [-0.2, 0) is 4.79 Å². The van der Waals surface area contributed by atoms with Crippen LogP contribution in [0.1, 0.15) is 29.3 Å². The number of amides is 1. The van der Waals surface area contributed by atoms with E-state index in [0.717, 1.165) is 5.56 Å². The number of methoxy groups -OCH3 is 2. The van der Waals surface area contributed by atoms with E-state index < -0.39 is 0 Å². The van der Waals surface area contributed by atoms with Crippen LogP contribution in [0.2, 0.25) is 0 Å². The SMILES string of the molecule is CCC(=O)c1ccc(OCC(=O)Nc2cc(OC)c(OC)cc2C)cc1. The molecule has 0 unspecified atom stereocenters. The van der Waals surface area contributed by atoms with Gasteiger partial charge in [0.15, 0.2) is 23.9 Å². The number of aryl methyl sites for hydroxylation is 1. The van der Waals surface area contributed by atoms with Gasteiger partial charge in [0.25, 0.3) is 5.91 Å². The molecule has 1 N–H and O–H groups in total. The molecule has 0 bridgehead atoms. The normalized spacial score (nSPS) is 10.2. The molecule has 2 aromatic carbocycles. The molecule has 1 amide bonds. The number of carbonyl (C=O) groups excluding carboxylic acids is 2. The Labute approximate surface area is 153 Å². The number of Topliss-reactive ketones (excluding diaryl/α,β-unsaturated/α-hetero) is 1. The highest BCUT2D eigenvalue weighted by Gasteiger charge is 2.11. The van der Waals surface area contributed by atoms with Crippen molar-refractivity contribution in [3.05, 3.63) is 47.5 Å². The maximum Gasteiger partial charge on any atom is 0.262 e. The maximum atomic E-state index is 12.2. The Morgan fingerprint density at radius 1 is 1.00 bits per heavy atom. The van der Waals surface area contributed by atoms with Crippen molar-refractivity contribution < 1.29 is 23.8 Å². The summed E-state index contributed by atoms with van der Waals surface area (Å²) in [6.07, 6.45) is 0.452. The Morgan fingerprint density at radius 3 is 2.19 bits per heavy atom. The number of hydrogen-bond acceptors (Lipinski definition) is 5. The van der Waals surface area contributed by atoms with E-state index in [-0.39, 0.29) is 18.3 Å². The number of rotatable bonds is 8. The van der Waals surface area contributed by atoms with Crippen LogP contribution in [0.25, 0.3) is 0 Å². The first-order chi connectivity index (χ1) is 12.5. The van der Waals surface area contributed by atoms with Gasteiger partial charge in [-0.05, 0) is 42.8 Å². The molecule has 26 heavy (non-hydrogen) atoms. The molecule has 0 fully saturated rings. The van der Waals surface area contributed by atoms with Crippen LogP contribution in [-0.4, -0.2) is 32.5 Å². The smallest absolute Gasteiger partial charge is 0.262 e. The van der Waals surface area contributed by atoms with Crippen LogP contribution in [0.15, 0.2) is 36.4 Å². The summed E-state index contributed by atoms with van der Waals surface area (Å²) in [5.74, 6) is 1.43. The van der Waals surface area contributed by atoms with Gasteiger partial charge in [-0.3, -0.25) is 9.59 Å². The van der Waals surface area contributed by atoms with Crippen molar-refractivity contribution in [3.8, 4) is 17.2 Å². The molecule has 0 radical (unpaired) electrons. The zero-order chi connectivity index (χ0) is 19.1. The monoisotopic (exact) mass is 357 g/mol. The van der Waals surface area contributed by atoms with Crippen LogP contribution in [0, 0.1) is 6.92 Å². The summed E-state index contributed by atoms with van der Waals surface area (Å²) >= 11 is 0. The molecule has 0 aliphatic rings. The molecule has 0 aromatic heterocycles. The minimum atomic E-state index is -0.297. The van der Waals surface area contributed by atoms with E-state index in [1.807, 2.05) is 13.8 Å². The second kappa shape index (κ2) is 8.89. The average Bonchev–Trinajstić information content (AvgIpc) is 2.67. The van der Waals surface area contributed by atoms with E-state index in [9.17, 15) is 9.59 Å². The highest BCUT2D eigenvalue weighted by molar-refractivity contribution is 5.96. The molecule has 6 nitrogen and oxygen atoms in total. The first-order valence-electron chi connectivity index (χ1n) is 8.27. The predicted octanol–water partition coefficient (Wildman–Crippen LogP) is 3.62. The Hall–Kier alpha value is -3.02. The lowest BCUT2D eigenvalue weighted by Gasteiger charge is -2.14. The Bertz CT molecular complexity index is 784. The van der Waals surface area contributed by atoms with E-state index in [1.165, 1.54) is 7.11 Å². The zero-order valence-electron chi connectivity index (χ0n) is 15.4. The number of hydrogen-bond donors (Lipinski definition) is 1. The molecular weight excluding hydrogens is 334 g/mol. The van der Waals surface area contributed by atoms with Crippen LogP contribution in [0.5, 0.6) is 17.2 Å². The number of benzene rings is 2. The van der Waals surface area contributed by atoms with Gasteiger partial charge in [0.1, 0.15) is 5.75 Å². The van der Waals surface area contributed by atoms with E-state index in [0.29, 0.717) is 34.9 Å². The van der Waals surface area contributed by atoms with E-state index >= 15 is 0 Å². The molecule has 0 saturated heterocycles. The maximum absolute atomic E-state index is 12.2. The number of anilines is 1. The fourth-order valence-corrected chi connectivity index (χ4v) is 2.39. The molecule has 2 rings (SSSR count). The largest absolute Gasteiger partial charge is 0.493 e. The molecule has 0 atom stereocenters. The molecule has 6 heteroatoms. The quantitative estimate of drug-likeness (QED) is 0.731. The third kappa shape index (κ3) is 4.75. The third-order valence-corrected chi connectivity index (χ3v) is 3.87. The molecule has 138 valence electrons. The molecule has 0 aliphatic carbocycles. The van der Waals surface area contributed by atoms with Crippen molar-refractivity contribution in [1.29, 1.82) is 0 Å². The van der Waals surface area contributed by atoms with Gasteiger partial charge in [-0.15, -0.1) is 0 Å². The summed E-state index contributed by atoms with van der Waals surface area (Å²) < 4.78 is 15.9. The van der Waals surface area contributed by atoms with Crippen molar-refractivity contribution in [2.75, 3.05) is 26.1 Å². The molecule has 0 aliphatic heterocycles. The van der Waals surface area contributed by atoms with Crippen molar-refractivity contribution >= 4 is 17.4 Å². The molecule has 0 saturated carbocycles. The van der Waals surface area contributed by atoms with Gasteiger partial charge >= 0.3 is 0 Å². The summed E-state index contributed by atoms with van der Waals surface area (Å²) in [5, 5.41) is 2.79. The van der Waals surface area contributed by atoms with Gasteiger partial charge in [0.2, 0.25) is 0 Å². The van der Waals surface area contributed by atoms with Gasteiger partial charge in [-0.2, -0.15) is 0 Å². The minimum Gasteiger partial charge on any atom is -0.493 e. The predicted molar refractivity (Wildman–Crippen MR) is 99.5 cm³/mol. The topological polar surface area (TPSA) is 73.9 Å². The highest BCUT2D eigenvalue weighted by Crippen LogP contribution is 2.32. The molecule has 0 heterocycles. The van der Waals surface area contributed by atoms with Crippen molar-refractivity contribution in [1.82, 2.24) is 0 Å². The first kappa shape index (κ1) is 19.3. The lowest BCUT2D eigenvalue weighted by atomic mass is 10.1. The number of ether oxygens (including phenoxy) is 3. The van der Waals surface area contributed by atoms with E-state index in [4.69, 9.17) is 14.2 Å². The summed E-state index contributed by atoms with van der Waals surface area (Å²) in [5.41, 5.74) is 2.10. The number of carbonyl (C=O) groups is 2. The second-order valence-electron chi connectivity index (χ2n) is 5.66. The summed E-state index contributed by atoms with van der Waals surface area (Å²) in [4.78, 5) is 23.8. The third-order valence-electron chi connectivity index (χ3n) is 3.87. The van der Waals surface area contributed by atoms with Gasteiger partial charge in [-0.25, -0.2) is 0 Å². The summed E-state index contributed by atoms with van der Waals surface area (Å²) in [6.45, 7) is 3.53. The Kier molecular flexibility index (Phi) is 6.60. The fourth-order valence-electron chi connectivity index (χ4n) is 2.39. The number of ketones is 1. The highest BCUT2D eigenvalue weighted by atomic mass is 16.5. The first-order valence-corrected chi connectivity index (χ1v) is 8.27. The average molecular weight is 357 g/mol. The summed E-state index contributed by atoms with van der Waals surface area (Å²) in [7, 11) is 3.09. The standard InChI is InChI=1S/C20H23NO5/c1-5-17(22)14-6-8-15(9-7-14)26-12-20(23)21-16-11-19(25-4)18(24-3)10-13(16)2/h6-11H,5,12H2,1-4H3,(H,21,23). The van der Waals surface area contributed by atoms with E-state index in [2.05, 4.69) is 5.32 Å². The Morgan fingerprint density at radius 2 is 1.62 bits per heavy atom. The van der Waals surface area contributed by atoms with Gasteiger partial charge in [0.05, 0.1) is 14.2 Å². The van der Waals surface area contributed by atoms with Crippen LogP contribution in [0.4, 0.5) is 5.69 Å². The molecule has 0 spiro atoms. The van der Waals surface area contributed by atoms with Crippen molar-refractivity contribution in [2.45, 2.75) is 20.3 Å². The van der Waals surface area contributed by atoms with Gasteiger partial charge < -0.3 is 19.5 Å². The van der Waals surface area contributed by atoms with Crippen molar-refractivity contribution in [3.63, 3.8) is 0 Å². The van der Waals surface area contributed by atoms with Crippen molar-refractivity contribution in [2.24, 2.45) is 0 Å². The number of nitrogens with one attached hydrogen (secondary N) is 1. The fraction of sp³-hybridized carbons (Fsp3) is 0.300. The zero-order valence-corrected chi connectivity index (χ0v) is 15.4. The lowest BCUT2D eigenvalue weighted by molar-refractivity contribution is -0.118. The van der Waals surface area contributed by atoms with Crippen LogP contribution >= 0.6 is 0 Å². The second-order valence-corrected chi connectivity index (χ2v) is 5.66. The van der Waals surface area contributed by atoms with Gasteiger partial charge in [0, 0.05) is 23.7 Å². The molecular formula is C20H23NO5. The van der Waals surface area contributed by atoms with E-state index in [1.54, 1.807) is 43.5 Å². The lowest BCUT2D eigenvalue weighted by Crippen LogP contribution is -2.20. The van der Waals surface area contributed by atoms with Crippen LogP contribution < -0.4 is 19.5 Å². The van der Waals surface area contributed by atoms with Crippen LogP contribution in [0.3, 0.4) is 0 Å². The summed E-state index contributed by atoms with van der Waals surface area (Å²) in [6, 6.07) is 10.2. The Balaban J connectivity index is 1.98. The van der Waals surface area contributed by atoms with Gasteiger partial charge in [-0.1, -0.05) is 6.92 Å². The minimum absolute atomic E-state index is 0.0678.